The maximum absolute atomic E-state index is 11.8. The van der Waals surface area contributed by atoms with Gasteiger partial charge in [-0.05, 0) is 42.6 Å². The maximum atomic E-state index is 11.8. The molecule has 1 fully saturated rings. The smallest absolute Gasteiger partial charge is 0.220 e. The van der Waals surface area contributed by atoms with Gasteiger partial charge in [0.25, 0.3) is 0 Å². The summed E-state index contributed by atoms with van der Waals surface area (Å²) < 4.78 is 0. The van der Waals surface area contributed by atoms with E-state index >= 15 is 0 Å². The molecule has 1 amide bonds. The molecule has 0 bridgehead atoms. The van der Waals surface area contributed by atoms with Gasteiger partial charge in [0.2, 0.25) is 5.91 Å². The lowest BCUT2D eigenvalue weighted by atomic mass is 9.98. The van der Waals surface area contributed by atoms with Gasteiger partial charge in [-0.3, -0.25) is 4.79 Å². The third-order valence-electron chi connectivity index (χ3n) is 3.52. The summed E-state index contributed by atoms with van der Waals surface area (Å²) in [5.41, 5.74) is 0. The van der Waals surface area contributed by atoms with E-state index in [4.69, 9.17) is 5.11 Å². The Morgan fingerprint density at radius 3 is 2.76 bits per heavy atom. The number of aliphatic hydroxyl groups excluding tert-OH is 1. The molecule has 0 saturated carbocycles. The molecular weight excluding hydrogens is 234 g/mol. The Hall–Kier alpha value is -0.220. The molecule has 1 aliphatic heterocycles. The zero-order chi connectivity index (χ0) is 12.5. The normalized spacial score (nSPS) is 18.9. The van der Waals surface area contributed by atoms with E-state index in [1.54, 1.807) is 0 Å². The second kappa shape index (κ2) is 8.81. The van der Waals surface area contributed by atoms with Crippen LogP contribution in [0.5, 0.6) is 0 Å². The van der Waals surface area contributed by atoms with E-state index in [1.165, 1.54) is 24.3 Å². The number of amides is 1. The molecule has 100 valence electrons. The molecule has 1 atom stereocenters. The SMILES string of the molecule is CCC(CCO)CNC(=O)CC1CCSCC1. The Kier molecular flexibility index (Phi) is 7.69. The van der Waals surface area contributed by atoms with Gasteiger partial charge in [-0.25, -0.2) is 0 Å². The van der Waals surface area contributed by atoms with Crippen LogP contribution in [0, 0.1) is 11.8 Å². The predicted octanol–water partition coefficient (Wildman–Crippen LogP) is 2.04. The quantitative estimate of drug-likeness (QED) is 0.735. The third kappa shape index (κ3) is 6.32. The third-order valence-corrected chi connectivity index (χ3v) is 4.57. The molecule has 4 heteroatoms. The van der Waals surface area contributed by atoms with E-state index < -0.39 is 0 Å². The molecule has 1 heterocycles. The minimum absolute atomic E-state index is 0.193. The van der Waals surface area contributed by atoms with Gasteiger partial charge in [-0.15, -0.1) is 0 Å². The molecule has 0 spiro atoms. The lowest BCUT2D eigenvalue weighted by Crippen LogP contribution is -2.31. The van der Waals surface area contributed by atoms with E-state index in [-0.39, 0.29) is 12.5 Å². The highest BCUT2D eigenvalue weighted by atomic mass is 32.2. The van der Waals surface area contributed by atoms with Crippen molar-refractivity contribution in [3.05, 3.63) is 0 Å². The first-order valence-corrected chi connectivity index (χ1v) is 7.87. The summed E-state index contributed by atoms with van der Waals surface area (Å²) in [5.74, 6) is 3.62. The Morgan fingerprint density at radius 2 is 2.18 bits per heavy atom. The summed E-state index contributed by atoms with van der Waals surface area (Å²) in [6, 6.07) is 0. The molecule has 0 aromatic carbocycles. The van der Waals surface area contributed by atoms with Crippen molar-refractivity contribution in [1.82, 2.24) is 5.32 Å². The van der Waals surface area contributed by atoms with Gasteiger partial charge in [0.15, 0.2) is 0 Å². The lowest BCUT2D eigenvalue weighted by Gasteiger charge is -2.21. The van der Waals surface area contributed by atoms with E-state index in [2.05, 4.69) is 12.2 Å². The number of nitrogens with one attached hydrogen (secondary N) is 1. The second-order valence-electron chi connectivity index (χ2n) is 4.85. The summed E-state index contributed by atoms with van der Waals surface area (Å²) in [5, 5.41) is 11.9. The van der Waals surface area contributed by atoms with Gasteiger partial charge in [0.05, 0.1) is 0 Å². The topological polar surface area (TPSA) is 49.3 Å². The highest BCUT2D eigenvalue weighted by Crippen LogP contribution is 2.25. The average molecular weight is 259 g/mol. The fraction of sp³-hybridized carbons (Fsp3) is 0.923. The Bertz CT molecular complexity index is 217. The molecule has 1 saturated heterocycles. The monoisotopic (exact) mass is 259 g/mol. The molecule has 3 nitrogen and oxygen atoms in total. The van der Waals surface area contributed by atoms with Crippen molar-refractivity contribution in [2.24, 2.45) is 11.8 Å². The molecule has 1 rings (SSSR count). The van der Waals surface area contributed by atoms with Gasteiger partial charge in [0, 0.05) is 19.6 Å². The summed E-state index contributed by atoms with van der Waals surface area (Å²) in [4.78, 5) is 11.8. The van der Waals surface area contributed by atoms with Crippen molar-refractivity contribution < 1.29 is 9.90 Å². The molecule has 0 aliphatic carbocycles. The molecule has 17 heavy (non-hydrogen) atoms. The molecule has 1 aliphatic rings. The van der Waals surface area contributed by atoms with Crippen molar-refractivity contribution in [1.29, 1.82) is 0 Å². The van der Waals surface area contributed by atoms with Crippen LogP contribution >= 0.6 is 11.8 Å². The molecule has 1 unspecified atom stereocenters. The summed E-state index contributed by atoms with van der Waals surface area (Å²) >= 11 is 1.99. The highest BCUT2D eigenvalue weighted by Gasteiger charge is 2.17. The number of carbonyl (C=O) groups is 1. The first kappa shape index (κ1) is 14.8. The van der Waals surface area contributed by atoms with Crippen LogP contribution in [-0.4, -0.2) is 35.7 Å². The molecular formula is C13H25NO2S. The Balaban J connectivity index is 2.14. The van der Waals surface area contributed by atoms with Gasteiger partial charge >= 0.3 is 0 Å². The minimum atomic E-state index is 0.193. The minimum Gasteiger partial charge on any atom is -0.396 e. The summed E-state index contributed by atoms with van der Waals surface area (Å²) in [6.45, 7) is 3.04. The zero-order valence-electron chi connectivity index (χ0n) is 10.8. The van der Waals surface area contributed by atoms with E-state index in [1.807, 2.05) is 11.8 Å². The van der Waals surface area contributed by atoms with E-state index in [0.717, 1.165) is 19.4 Å². The Labute approximate surface area is 109 Å². The number of hydrogen-bond acceptors (Lipinski definition) is 3. The summed E-state index contributed by atoms with van der Waals surface area (Å²) in [7, 11) is 0. The second-order valence-corrected chi connectivity index (χ2v) is 6.08. The van der Waals surface area contributed by atoms with Crippen LogP contribution in [-0.2, 0) is 4.79 Å². The van der Waals surface area contributed by atoms with Crippen molar-refractivity contribution >= 4 is 17.7 Å². The standard InChI is InChI=1S/C13H25NO2S/c1-2-11(3-6-15)10-14-13(16)9-12-4-7-17-8-5-12/h11-12,15H,2-10H2,1H3,(H,14,16). The van der Waals surface area contributed by atoms with Crippen LogP contribution in [0.4, 0.5) is 0 Å². The van der Waals surface area contributed by atoms with Gasteiger partial charge in [-0.1, -0.05) is 13.3 Å². The van der Waals surface area contributed by atoms with Gasteiger partial charge in [0.1, 0.15) is 0 Å². The average Bonchev–Trinajstić information content (AvgIpc) is 2.35. The fourth-order valence-corrected chi connectivity index (χ4v) is 3.38. The fourth-order valence-electron chi connectivity index (χ4n) is 2.18. The first-order valence-electron chi connectivity index (χ1n) is 6.71. The van der Waals surface area contributed by atoms with Gasteiger partial charge in [-0.2, -0.15) is 11.8 Å². The molecule has 0 aromatic rings. The van der Waals surface area contributed by atoms with Crippen molar-refractivity contribution in [3.8, 4) is 0 Å². The molecule has 2 N–H and O–H groups in total. The van der Waals surface area contributed by atoms with Crippen molar-refractivity contribution in [2.75, 3.05) is 24.7 Å². The van der Waals surface area contributed by atoms with Crippen LogP contribution in [0.1, 0.15) is 39.0 Å². The lowest BCUT2D eigenvalue weighted by molar-refractivity contribution is -0.122. The number of aliphatic hydroxyl groups is 1. The summed E-state index contributed by atoms with van der Waals surface area (Å²) in [6.07, 6.45) is 4.87. The van der Waals surface area contributed by atoms with Crippen LogP contribution in [0.15, 0.2) is 0 Å². The number of hydrogen-bond donors (Lipinski definition) is 2. The van der Waals surface area contributed by atoms with Gasteiger partial charge < -0.3 is 10.4 Å². The van der Waals surface area contributed by atoms with Crippen LogP contribution < -0.4 is 5.32 Å². The van der Waals surface area contributed by atoms with Crippen LogP contribution in [0.2, 0.25) is 0 Å². The zero-order valence-corrected chi connectivity index (χ0v) is 11.6. The number of carbonyl (C=O) groups excluding carboxylic acids is 1. The molecule has 0 radical (unpaired) electrons. The Morgan fingerprint density at radius 1 is 1.47 bits per heavy atom. The van der Waals surface area contributed by atoms with Crippen LogP contribution in [0.3, 0.4) is 0 Å². The van der Waals surface area contributed by atoms with E-state index in [0.29, 0.717) is 18.3 Å². The number of rotatable bonds is 7. The number of thioether (sulfide) groups is 1. The maximum Gasteiger partial charge on any atom is 0.220 e. The van der Waals surface area contributed by atoms with Crippen molar-refractivity contribution in [3.63, 3.8) is 0 Å². The molecule has 0 aromatic heterocycles. The predicted molar refractivity (Wildman–Crippen MR) is 73.2 cm³/mol. The first-order chi connectivity index (χ1) is 8.26. The van der Waals surface area contributed by atoms with Crippen LogP contribution in [0.25, 0.3) is 0 Å². The largest absolute Gasteiger partial charge is 0.396 e. The van der Waals surface area contributed by atoms with E-state index in [9.17, 15) is 4.79 Å². The van der Waals surface area contributed by atoms with Crippen molar-refractivity contribution in [2.45, 2.75) is 39.0 Å². The highest BCUT2D eigenvalue weighted by molar-refractivity contribution is 7.99.